The Hall–Kier alpha value is -2.93. The minimum atomic E-state index is -0.739. The largest absolute Gasteiger partial charge is 0.481 e. The summed E-state index contributed by atoms with van der Waals surface area (Å²) in [4.78, 5) is 24.0. The molecular formula is C19H21N3O3S. The Morgan fingerprint density at radius 2 is 1.69 bits per heavy atom. The summed E-state index contributed by atoms with van der Waals surface area (Å²) in [7, 11) is 0. The lowest BCUT2D eigenvalue weighted by molar-refractivity contribution is -0.127. The quantitative estimate of drug-likeness (QED) is 0.568. The van der Waals surface area contributed by atoms with Crippen LogP contribution in [0, 0.1) is 13.8 Å². The Labute approximate surface area is 157 Å². The second-order valence-electron chi connectivity index (χ2n) is 5.77. The van der Waals surface area contributed by atoms with Crippen molar-refractivity contribution in [3.63, 3.8) is 0 Å². The summed E-state index contributed by atoms with van der Waals surface area (Å²) in [6, 6.07) is 14.2. The van der Waals surface area contributed by atoms with E-state index in [9.17, 15) is 9.59 Å². The maximum Gasteiger partial charge on any atom is 0.279 e. The van der Waals surface area contributed by atoms with Crippen molar-refractivity contribution in [2.75, 3.05) is 0 Å². The van der Waals surface area contributed by atoms with Crippen molar-refractivity contribution in [2.45, 2.75) is 26.9 Å². The molecule has 0 spiro atoms. The van der Waals surface area contributed by atoms with Crippen LogP contribution in [0.2, 0.25) is 0 Å². The zero-order valence-corrected chi connectivity index (χ0v) is 15.6. The summed E-state index contributed by atoms with van der Waals surface area (Å²) in [5, 5.41) is 2.47. The molecule has 0 saturated carbocycles. The minimum Gasteiger partial charge on any atom is -0.481 e. The molecule has 3 N–H and O–H groups in total. The highest BCUT2D eigenvalue weighted by Gasteiger charge is 2.15. The molecule has 7 heteroatoms. The maximum absolute atomic E-state index is 12.1. The SMILES string of the molecule is Cc1ccc(OC(C)C(=O)NNC(=S)NC(=O)c2ccccc2)cc1C. The summed E-state index contributed by atoms with van der Waals surface area (Å²) in [6.07, 6.45) is -0.739. The summed E-state index contributed by atoms with van der Waals surface area (Å²) >= 11 is 5.00. The van der Waals surface area contributed by atoms with Crippen LogP contribution in [0.4, 0.5) is 0 Å². The van der Waals surface area contributed by atoms with Crippen LogP contribution in [0.3, 0.4) is 0 Å². The van der Waals surface area contributed by atoms with Crippen LogP contribution >= 0.6 is 12.2 Å². The van der Waals surface area contributed by atoms with Gasteiger partial charge in [-0.3, -0.25) is 25.8 Å². The van der Waals surface area contributed by atoms with Crippen LogP contribution in [0.5, 0.6) is 5.75 Å². The molecule has 0 bridgehead atoms. The van der Waals surface area contributed by atoms with Crippen LogP contribution in [0.1, 0.15) is 28.4 Å². The van der Waals surface area contributed by atoms with Crippen LogP contribution in [0.25, 0.3) is 0 Å². The zero-order chi connectivity index (χ0) is 19.1. The highest BCUT2D eigenvalue weighted by atomic mass is 32.1. The minimum absolute atomic E-state index is 0.00872. The highest BCUT2D eigenvalue weighted by molar-refractivity contribution is 7.80. The molecule has 2 aromatic rings. The first-order chi connectivity index (χ1) is 12.4. The van der Waals surface area contributed by atoms with Gasteiger partial charge in [-0.05, 0) is 68.4 Å². The van der Waals surface area contributed by atoms with Gasteiger partial charge in [0.1, 0.15) is 5.75 Å². The number of aryl methyl sites for hydroxylation is 2. The van der Waals surface area contributed by atoms with Crippen molar-refractivity contribution >= 4 is 29.1 Å². The lowest BCUT2D eigenvalue weighted by atomic mass is 10.1. The molecule has 0 saturated heterocycles. The number of hydrogen-bond donors (Lipinski definition) is 3. The van der Waals surface area contributed by atoms with Gasteiger partial charge in [-0.2, -0.15) is 0 Å². The highest BCUT2D eigenvalue weighted by Crippen LogP contribution is 2.17. The summed E-state index contributed by atoms with van der Waals surface area (Å²) in [6.45, 7) is 5.60. The molecule has 0 radical (unpaired) electrons. The van der Waals surface area contributed by atoms with Gasteiger partial charge in [0, 0.05) is 5.56 Å². The number of ether oxygens (including phenoxy) is 1. The number of hydrogen-bond acceptors (Lipinski definition) is 4. The average Bonchev–Trinajstić information content (AvgIpc) is 2.63. The Balaban J connectivity index is 1.80. The molecule has 0 heterocycles. The standard InChI is InChI=1S/C19H21N3O3S/c1-12-9-10-16(11-13(12)2)25-14(3)17(23)21-22-19(26)20-18(24)15-7-5-4-6-8-15/h4-11,14H,1-3H3,(H,21,23)(H2,20,22,24,26). The lowest BCUT2D eigenvalue weighted by Crippen LogP contribution is -2.51. The maximum atomic E-state index is 12.1. The zero-order valence-electron chi connectivity index (χ0n) is 14.8. The normalized spacial score (nSPS) is 11.2. The third-order valence-electron chi connectivity index (χ3n) is 3.72. The molecule has 2 aromatic carbocycles. The smallest absolute Gasteiger partial charge is 0.279 e. The topological polar surface area (TPSA) is 79.5 Å². The van der Waals surface area contributed by atoms with Crippen LogP contribution < -0.4 is 20.9 Å². The Bertz CT molecular complexity index is 809. The van der Waals surface area contributed by atoms with Gasteiger partial charge >= 0.3 is 0 Å². The van der Waals surface area contributed by atoms with E-state index >= 15 is 0 Å². The van der Waals surface area contributed by atoms with E-state index in [2.05, 4.69) is 16.2 Å². The predicted molar refractivity (Wildman–Crippen MR) is 104 cm³/mol. The van der Waals surface area contributed by atoms with Crippen LogP contribution in [0.15, 0.2) is 48.5 Å². The Morgan fingerprint density at radius 1 is 1.00 bits per heavy atom. The average molecular weight is 371 g/mol. The Kier molecular flexibility index (Phi) is 6.68. The van der Waals surface area contributed by atoms with Crippen molar-refractivity contribution in [1.29, 1.82) is 0 Å². The fraction of sp³-hybridized carbons (Fsp3) is 0.211. The first kappa shape index (κ1) is 19.4. The number of carbonyl (C=O) groups is 2. The molecule has 2 rings (SSSR count). The van der Waals surface area contributed by atoms with E-state index in [1.165, 1.54) is 0 Å². The van der Waals surface area contributed by atoms with Gasteiger partial charge in [0.15, 0.2) is 11.2 Å². The first-order valence-electron chi connectivity index (χ1n) is 8.07. The van der Waals surface area contributed by atoms with Crippen molar-refractivity contribution in [1.82, 2.24) is 16.2 Å². The van der Waals surface area contributed by atoms with Gasteiger partial charge in [0.25, 0.3) is 11.8 Å². The van der Waals surface area contributed by atoms with E-state index in [-0.39, 0.29) is 11.0 Å². The third kappa shape index (κ3) is 5.56. The monoisotopic (exact) mass is 371 g/mol. The number of thiocarbonyl (C=S) groups is 1. The van der Waals surface area contributed by atoms with Crippen molar-refractivity contribution in [2.24, 2.45) is 0 Å². The van der Waals surface area contributed by atoms with Gasteiger partial charge in [-0.25, -0.2) is 0 Å². The number of nitrogens with one attached hydrogen (secondary N) is 3. The summed E-state index contributed by atoms with van der Waals surface area (Å²) in [5.74, 6) is -0.174. The molecule has 26 heavy (non-hydrogen) atoms. The number of carbonyl (C=O) groups excluding carboxylic acids is 2. The number of amides is 2. The number of hydrazine groups is 1. The lowest BCUT2D eigenvalue weighted by Gasteiger charge is -2.17. The molecule has 2 amide bonds. The van der Waals surface area contributed by atoms with Gasteiger partial charge in [-0.15, -0.1) is 0 Å². The fourth-order valence-electron chi connectivity index (χ4n) is 2.06. The van der Waals surface area contributed by atoms with Crippen molar-refractivity contribution in [3.05, 3.63) is 65.2 Å². The fourth-order valence-corrected chi connectivity index (χ4v) is 2.20. The van der Waals surface area contributed by atoms with Gasteiger partial charge in [0.2, 0.25) is 0 Å². The molecule has 0 aliphatic heterocycles. The van der Waals surface area contributed by atoms with E-state index in [1.54, 1.807) is 31.2 Å². The Morgan fingerprint density at radius 3 is 2.35 bits per heavy atom. The molecule has 136 valence electrons. The number of benzene rings is 2. The van der Waals surface area contributed by atoms with E-state index in [4.69, 9.17) is 17.0 Å². The summed E-state index contributed by atoms with van der Waals surface area (Å²) in [5.41, 5.74) is 7.60. The second-order valence-corrected chi connectivity index (χ2v) is 6.18. The molecule has 1 unspecified atom stereocenters. The molecule has 0 fully saturated rings. The van der Waals surface area contributed by atoms with Gasteiger partial charge in [-0.1, -0.05) is 24.3 Å². The second kappa shape index (κ2) is 8.96. The van der Waals surface area contributed by atoms with Crippen LogP contribution in [-0.2, 0) is 4.79 Å². The summed E-state index contributed by atoms with van der Waals surface area (Å²) < 4.78 is 5.61. The van der Waals surface area contributed by atoms with Crippen LogP contribution in [-0.4, -0.2) is 23.0 Å². The molecule has 1 atom stereocenters. The van der Waals surface area contributed by atoms with E-state index in [0.717, 1.165) is 11.1 Å². The number of rotatable bonds is 4. The van der Waals surface area contributed by atoms with Crippen molar-refractivity contribution < 1.29 is 14.3 Å². The van der Waals surface area contributed by atoms with Crippen molar-refractivity contribution in [3.8, 4) is 5.75 Å². The van der Waals surface area contributed by atoms with E-state index < -0.39 is 12.0 Å². The van der Waals surface area contributed by atoms with E-state index in [0.29, 0.717) is 11.3 Å². The third-order valence-corrected chi connectivity index (χ3v) is 3.93. The predicted octanol–water partition coefficient (Wildman–Crippen LogP) is 2.41. The molecule has 0 aliphatic carbocycles. The van der Waals surface area contributed by atoms with Gasteiger partial charge < -0.3 is 4.74 Å². The molecule has 6 nitrogen and oxygen atoms in total. The molecule has 0 aliphatic rings. The molecule has 0 aromatic heterocycles. The first-order valence-corrected chi connectivity index (χ1v) is 8.48. The van der Waals surface area contributed by atoms with E-state index in [1.807, 2.05) is 38.1 Å². The van der Waals surface area contributed by atoms with Gasteiger partial charge in [0.05, 0.1) is 0 Å². The molecular weight excluding hydrogens is 350 g/mol.